The molecule has 0 spiro atoms. The number of anilines is 1. The molecule has 0 aliphatic carbocycles. The number of thioether (sulfide) groups is 1. The maximum absolute atomic E-state index is 12.2. The van der Waals surface area contributed by atoms with Crippen LogP contribution in [0.3, 0.4) is 0 Å². The van der Waals surface area contributed by atoms with Gasteiger partial charge in [-0.25, -0.2) is 4.99 Å². The molecule has 2 amide bonds. The molecular weight excluding hydrogens is 366 g/mol. The first-order valence-electron chi connectivity index (χ1n) is 8.14. The van der Waals surface area contributed by atoms with Crippen LogP contribution in [0.2, 0.25) is 0 Å². The Labute approximate surface area is 159 Å². The van der Waals surface area contributed by atoms with Crippen LogP contribution in [0.5, 0.6) is 11.5 Å². The van der Waals surface area contributed by atoms with Gasteiger partial charge in [-0.05, 0) is 59.8 Å². The van der Waals surface area contributed by atoms with Crippen LogP contribution >= 0.6 is 11.8 Å². The van der Waals surface area contributed by atoms with Gasteiger partial charge < -0.3 is 20.1 Å². The van der Waals surface area contributed by atoms with Gasteiger partial charge in [0.2, 0.25) is 12.7 Å². The average molecular weight is 381 g/mol. The summed E-state index contributed by atoms with van der Waals surface area (Å²) in [6.45, 7) is 1.66. The van der Waals surface area contributed by atoms with Gasteiger partial charge in [-0.2, -0.15) is 0 Å². The molecule has 0 saturated carbocycles. The summed E-state index contributed by atoms with van der Waals surface area (Å²) in [5.41, 5.74) is 2.21. The summed E-state index contributed by atoms with van der Waals surface area (Å²) in [7, 11) is 0. The van der Waals surface area contributed by atoms with Gasteiger partial charge in [-0.3, -0.25) is 9.59 Å². The summed E-state index contributed by atoms with van der Waals surface area (Å²) in [4.78, 5) is 28.2. The Morgan fingerprint density at radius 2 is 1.96 bits per heavy atom. The number of rotatable bonds is 3. The molecule has 2 aromatic rings. The minimum atomic E-state index is -0.203. The first kappa shape index (κ1) is 17.2. The van der Waals surface area contributed by atoms with Gasteiger partial charge in [0.15, 0.2) is 16.7 Å². The molecule has 0 radical (unpaired) electrons. The predicted molar refractivity (Wildman–Crippen MR) is 104 cm³/mol. The molecule has 2 aromatic carbocycles. The van der Waals surface area contributed by atoms with Gasteiger partial charge >= 0.3 is 0 Å². The molecule has 2 heterocycles. The van der Waals surface area contributed by atoms with E-state index in [2.05, 4.69) is 15.6 Å². The molecule has 2 aliphatic heterocycles. The van der Waals surface area contributed by atoms with Crippen LogP contribution in [-0.4, -0.2) is 23.8 Å². The van der Waals surface area contributed by atoms with Gasteiger partial charge in [-0.1, -0.05) is 6.07 Å². The summed E-state index contributed by atoms with van der Waals surface area (Å²) in [5.74, 6) is 1.03. The first-order valence-corrected chi connectivity index (χ1v) is 8.95. The van der Waals surface area contributed by atoms with Crippen LogP contribution in [0.1, 0.15) is 12.5 Å². The highest BCUT2D eigenvalue weighted by Gasteiger charge is 2.24. The van der Waals surface area contributed by atoms with Crippen LogP contribution < -0.4 is 20.1 Å². The lowest BCUT2D eigenvalue weighted by Crippen LogP contribution is -2.19. The molecule has 2 N–H and O–H groups in total. The Morgan fingerprint density at radius 1 is 1.19 bits per heavy atom. The van der Waals surface area contributed by atoms with Crippen LogP contribution in [-0.2, 0) is 9.59 Å². The Bertz CT molecular complexity index is 983. The van der Waals surface area contributed by atoms with Gasteiger partial charge in [0.25, 0.3) is 5.91 Å². The zero-order valence-electron chi connectivity index (χ0n) is 14.3. The molecule has 1 saturated heterocycles. The largest absolute Gasteiger partial charge is 0.454 e. The number of hydrogen-bond donors (Lipinski definition) is 2. The molecule has 1 fully saturated rings. The molecular formula is C19H15N3O4S. The molecule has 4 rings (SSSR count). The third-order valence-corrected chi connectivity index (χ3v) is 4.67. The number of benzene rings is 2. The second-order valence-corrected chi connectivity index (χ2v) is 6.85. The lowest BCUT2D eigenvalue weighted by molar-refractivity contribution is -0.115. The highest BCUT2D eigenvalue weighted by molar-refractivity contribution is 8.18. The first-order chi connectivity index (χ1) is 13.1. The second-order valence-electron chi connectivity index (χ2n) is 5.82. The normalized spacial score (nSPS) is 18.0. The standard InChI is InChI=1S/C19H15N3O4S/c1-11(23)20-13-3-5-14(6-4-13)21-19-22-18(24)17(27-19)9-12-2-7-15-16(8-12)26-10-25-15/h2-9H,10H2,1H3,(H,20,23)(H,21,22,24)/b17-9-. The number of amides is 2. The van der Waals surface area contributed by atoms with Gasteiger partial charge in [0.05, 0.1) is 10.6 Å². The van der Waals surface area contributed by atoms with E-state index in [1.807, 2.05) is 18.2 Å². The van der Waals surface area contributed by atoms with Crippen molar-refractivity contribution < 1.29 is 19.1 Å². The molecule has 27 heavy (non-hydrogen) atoms. The third kappa shape index (κ3) is 3.95. The SMILES string of the molecule is CC(=O)Nc1ccc(N=C2NC(=O)/C(=C/c3ccc4c(c3)OCO4)S2)cc1. The van der Waals surface area contributed by atoms with Gasteiger partial charge in [0.1, 0.15) is 0 Å². The fraction of sp³-hybridized carbons (Fsp3) is 0.105. The third-order valence-electron chi connectivity index (χ3n) is 3.76. The number of amidine groups is 1. The maximum Gasteiger partial charge on any atom is 0.264 e. The van der Waals surface area contributed by atoms with E-state index in [9.17, 15) is 9.59 Å². The Morgan fingerprint density at radius 3 is 2.74 bits per heavy atom. The quantitative estimate of drug-likeness (QED) is 0.797. The van der Waals surface area contributed by atoms with Crippen molar-refractivity contribution in [3.63, 3.8) is 0 Å². The number of nitrogens with one attached hydrogen (secondary N) is 2. The fourth-order valence-corrected chi connectivity index (χ4v) is 3.42. The number of aliphatic imine (C=N–C) groups is 1. The van der Waals surface area contributed by atoms with Crippen molar-refractivity contribution in [3.05, 3.63) is 52.9 Å². The molecule has 0 bridgehead atoms. The smallest absolute Gasteiger partial charge is 0.264 e. The molecule has 7 nitrogen and oxygen atoms in total. The van der Waals surface area contributed by atoms with Crippen LogP contribution in [0.15, 0.2) is 52.4 Å². The van der Waals surface area contributed by atoms with Gasteiger partial charge in [0, 0.05) is 12.6 Å². The van der Waals surface area contributed by atoms with Crippen molar-refractivity contribution in [1.82, 2.24) is 5.32 Å². The van der Waals surface area contributed by atoms with E-state index in [0.717, 1.165) is 5.56 Å². The van der Waals surface area contributed by atoms with Crippen LogP contribution in [0.4, 0.5) is 11.4 Å². The summed E-state index contributed by atoms with van der Waals surface area (Å²) >= 11 is 1.27. The highest BCUT2D eigenvalue weighted by atomic mass is 32.2. The second kappa shape index (κ2) is 7.16. The van der Waals surface area contributed by atoms with Crippen molar-refractivity contribution in [1.29, 1.82) is 0 Å². The van der Waals surface area contributed by atoms with Crippen molar-refractivity contribution in [2.24, 2.45) is 4.99 Å². The van der Waals surface area contributed by atoms with E-state index in [-0.39, 0.29) is 18.6 Å². The molecule has 136 valence electrons. The summed E-state index contributed by atoms with van der Waals surface area (Å²) in [5, 5.41) is 5.95. The Hall–Kier alpha value is -3.26. The number of fused-ring (bicyclic) bond motifs is 1. The summed E-state index contributed by atoms with van der Waals surface area (Å²) in [6.07, 6.45) is 1.78. The maximum atomic E-state index is 12.2. The Balaban J connectivity index is 1.50. The van der Waals surface area contributed by atoms with Crippen molar-refractivity contribution in [2.45, 2.75) is 6.92 Å². The van der Waals surface area contributed by atoms with E-state index in [1.54, 1.807) is 30.3 Å². The summed E-state index contributed by atoms with van der Waals surface area (Å²) in [6, 6.07) is 12.6. The van der Waals surface area contributed by atoms with Crippen molar-refractivity contribution in [3.8, 4) is 11.5 Å². The topological polar surface area (TPSA) is 89.0 Å². The zero-order chi connectivity index (χ0) is 18.8. The van der Waals surface area contributed by atoms with E-state index in [1.165, 1.54) is 18.7 Å². The van der Waals surface area contributed by atoms with Crippen LogP contribution in [0.25, 0.3) is 6.08 Å². The van der Waals surface area contributed by atoms with E-state index >= 15 is 0 Å². The molecule has 2 aliphatic rings. The number of carbonyl (C=O) groups excluding carboxylic acids is 2. The number of hydrogen-bond acceptors (Lipinski definition) is 6. The van der Waals surface area contributed by atoms with Crippen LogP contribution in [0, 0.1) is 0 Å². The van der Waals surface area contributed by atoms with Crippen molar-refractivity contribution in [2.75, 3.05) is 12.1 Å². The van der Waals surface area contributed by atoms with Crippen molar-refractivity contribution >= 4 is 46.2 Å². The van der Waals surface area contributed by atoms with Gasteiger partial charge in [-0.15, -0.1) is 0 Å². The minimum Gasteiger partial charge on any atom is -0.454 e. The number of ether oxygens (including phenoxy) is 2. The summed E-state index contributed by atoms with van der Waals surface area (Å²) < 4.78 is 10.6. The molecule has 8 heteroatoms. The molecule has 0 unspecified atom stereocenters. The van der Waals surface area contributed by atoms with E-state index in [4.69, 9.17) is 9.47 Å². The van der Waals surface area contributed by atoms with E-state index in [0.29, 0.717) is 32.9 Å². The van der Waals surface area contributed by atoms with E-state index < -0.39 is 0 Å². The minimum absolute atomic E-state index is 0.133. The zero-order valence-corrected chi connectivity index (χ0v) is 15.1. The lowest BCUT2D eigenvalue weighted by Gasteiger charge is -2.02. The lowest BCUT2D eigenvalue weighted by atomic mass is 10.2. The molecule has 0 aromatic heterocycles. The Kier molecular flexibility index (Phi) is 4.55. The molecule has 0 atom stereocenters. The fourth-order valence-electron chi connectivity index (χ4n) is 2.57. The number of nitrogens with zero attached hydrogens (tertiary/aromatic N) is 1. The number of carbonyl (C=O) groups is 2. The highest BCUT2D eigenvalue weighted by Crippen LogP contribution is 2.34. The average Bonchev–Trinajstić information content (AvgIpc) is 3.22. The monoisotopic (exact) mass is 381 g/mol. The predicted octanol–water partition coefficient (Wildman–Crippen LogP) is 3.27.